The second kappa shape index (κ2) is 6.14. The van der Waals surface area contributed by atoms with E-state index in [1.54, 1.807) is 6.07 Å². The molecule has 0 atom stereocenters. The molecule has 78 valence electrons. The van der Waals surface area contributed by atoms with Gasteiger partial charge in [-0.3, -0.25) is 0 Å². The van der Waals surface area contributed by atoms with Crippen LogP contribution in [0.3, 0.4) is 0 Å². The van der Waals surface area contributed by atoms with Crippen molar-refractivity contribution >= 4 is 0 Å². The number of rotatable bonds is 2. The minimum Gasteiger partial charge on any atom is -0.192 e. The third-order valence-electron chi connectivity index (χ3n) is 1.98. The van der Waals surface area contributed by atoms with E-state index >= 15 is 0 Å². The Morgan fingerprint density at radius 2 is 2.31 bits per heavy atom. The summed E-state index contributed by atoms with van der Waals surface area (Å²) in [7, 11) is 0. The van der Waals surface area contributed by atoms with Crippen LogP contribution in [-0.4, -0.2) is 6.54 Å². The topological polar surface area (TPSA) is 72.6 Å². The van der Waals surface area contributed by atoms with Crippen LogP contribution in [-0.2, 0) is 0 Å². The fourth-order valence-electron chi connectivity index (χ4n) is 1.18. The van der Waals surface area contributed by atoms with Crippen LogP contribution in [0.25, 0.3) is 10.4 Å². The van der Waals surface area contributed by atoms with Gasteiger partial charge in [-0.05, 0) is 36.2 Å². The Bertz CT molecular complexity index is 522. The maximum absolute atomic E-state index is 8.75. The lowest BCUT2D eigenvalue weighted by Crippen LogP contribution is -1.83. The lowest BCUT2D eigenvalue weighted by atomic mass is 10.1. The van der Waals surface area contributed by atoms with Gasteiger partial charge in [0.25, 0.3) is 0 Å². The number of azide groups is 1. The van der Waals surface area contributed by atoms with E-state index in [1.165, 1.54) is 0 Å². The summed E-state index contributed by atoms with van der Waals surface area (Å²) in [6.07, 6.45) is 0.545. The van der Waals surface area contributed by atoms with Crippen LogP contribution in [0, 0.1) is 30.1 Å². The highest BCUT2D eigenvalue weighted by molar-refractivity contribution is 5.45. The van der Waals surface area contributed by atoms with Gasteiger partial charge in [-0.25, -0.2) is 0 Å². The molecule has 0 radical (unpaired) electrons. The van der Waals surface area contributed by atoms with Gasteiger partial charge in [0.1, 0.15) is 0 Å². The first kappa shape index (κ1) is 11.7. The van der Waals surface area contributed by atoms with Crippen LogP contribution in [0.1, 0.15) is 23.1 Å². The van der Waals surface area contributed by atoms with E-state index in [0.717, 1.165) is 11.1 Å². The molecule has 0 saturated carbocycles. The molecule has 0 fully saturated rings. The first-order chi connectivity index (χ1) is 7.77. The number of hydrogen-bond acceptors (Lipinski definition) is 2. The highest BCUT2D eigenvalue weighted by Crippen LogP contribution is 2.08. The summed E-state index contributed by atoms with van der Waals surface area (Å²) in [6, 6.07) is 7.55. The van der Waals surface area contributed by atoms with Crippen molar-refractivity contribution in [3.05, 3.63) is 45.3 Å². The molecule has 1 rings (SSSR count). The van der Waals surface area contributed by atoms with Gasteiger partial charge < -0.3 is 0 Å². The highest BCUT2D eigenvalue weighted by Gasteiger charge is 1.96. The maximum atomic E-state index is 8.75. The van der Waals surface area contributed by atoms with Crippen LogP contribution in [0.2, 0.25) is 0 Å². The fraction of sp³-hybridized carbons (Fsp3) is 0.250. The third kappa shape index (κ3) is 3.38. The van der Waals surface area contributed by atoms with Gasteiger partial charge >= 0.3 is 0 Å². The van der Waals surface area contributed by atoms with Gasteiger partial charge in [0.05, 0.1) is 11.6 Å². The van der Waals surface area contributed by atoms with E-state index < -0.39 is 0 Å². The standard InChI is InChI=1S/C12H10N4/c1-10-8-11(5-6-12(10)9-13)4-2-3-7-15-16-14/h5-6,8H,3,7H2,1H3. The third-order valence-corrected chi connectivity index (χ3v) is 1.98. The first-order valence-corrected chi connectivity index (χ1v) is 4.78. The van der Waals surface area contributed by atoms with E-state index in [1.807, 2.05) is 19.1 Å². The molecule has 0 amide bonds. The van der Waals surface area contributed by atoms with Crippen molar-refractivity contribution < 1.29 is 0 Å². The largest absolute Gasteiger partial charge is 0.192 e. The molecular weight excluding hydrogens is 200 g/mol. The molecule has 0 spiro atoms. The summed E-state index contributed by atoms with van der Waals surface area (Å²) in [5.41, 5.74) is 10.5. The summed E-state index contributed by atoms with van der Waals surface area (Å²) in [6.45, 7) is 2.27. The zero-order chi connectivity index (χ0) is 11.8. The molecule has 0 N–H and O–H groups in total. The van der Waals surface area contributed by atoms with E-state index in [0.29, 0.717) is 18.5 Å². The minimum absolute atomic E-state index is 0.388. The van der Waals surface area contributed by atoms with E-state index in [4.69, 9.17) is 10.8 Å². The number of aryl methyl sites for hydroxylation is 1. The molecule has 0 heterocycles. The number of nitrogens with zero attached hydrogens (tertiary/aromatic N) is 4. The summed E-state index contributed by atoms with van der Waals surface area (Å²) in [5.74, 6) is 5.86. The molecule has 4 nitrogen and oxygen atoms in total. The van der Waals surface area contributed by atoms with Gasteiger partial charge in [-0.1, -0.05) is 17.0 Å². The van der Waals surface area contributed by atoms with Crippen molar-refractivity contribution in [2.24, 2.45) is 5.11 Å². The molecule has 0 unspecified atom stereocenters. The Morgan fingerprint density at radius 1 is 1.50 bits per heavy atom. The highest BCUT2D eigenvalue weighted by atomic mass is 15.1. The Hall–Kier alpha value is -2.42. The van der Waals surface area contributed by atoms with Crippen molar-refractivity contribution in [2.45, 2.75) is 13.3 Å². The Balaban J connectivity index is 2.72. The van der Waals surface area contributed by atoms with Crippen molar-refractivity contribution in [2.75, 3.05) is 6.54 Å². The second-order valence-corrected chi connectivity index (χ2v) is 3.15. The Morgan fingerprint density at radius 3 is 2.94 bits per heavy atom. The maximum Gasteiger partial charge on any atom is 0.0994 e. The lowest BCUT2D eigenvalue weighted by molar-refractivity contribution is 1.01. The molecule has 1 aromatic rings. The molecule has 0 aromatic heterocycles. The van der Waals surface area contributed by atoms with Gasteiger partial charge in [-0.15, -0.1) is 0 Å². The zero-order valence-corrected chi connectivity index (χ0v) is 8.94. The average molecular weight is 210 g/mol. The molecule has 1 aromatic carbocycles. The SMILES string of the molecule is Cc1cc(C#CCCN=[N+]=[N-])ccc1C#N. The van der Waals surface area contributed by atoms with Crippen LogP contribution < -0.4 is 0 Å². The minimum atomic E-state index is 0.388. The summed E-state index contributed by atoms with van der Waals surface area (Å²) in [5, 5.41) is 12.1. The van der Waals surface area contributed by atoms with Crippen LogP contribution in [0.5, 0.6) is 0 Å². The fourth-order valence-corrected chi connectivity index (χ4v) is 1.18. The van der Waals surface area contributed by atoms with Gasteiger partial charge in [0.2, 0.25) is 0 Å². The number of nitriles is 1. The number of benzene rings is 1. The first-order valence-electron chi connectivity index (χ1n) is 4.78. The predicted octanol–water partition coefficient (Wildman–Crippen LogP) is 2.92. The van der Waals surface area contributed by atoms with Crippen molar-refractivity contribution in [1.29, 1.82) is 5.26 Å². The Kier molecular flexibility index (Phi) is 4.47. The molecule has 0 saturated heterocycles. The van der Waals surface area contributed by atoms with Crippen molar-refractivity contribution in [3.8, 4) is 17.9 Å². The van der Waals surface area contributed by atoms with E-state index in [-0.39, 0.29) is 0 Å². The summed E-state index contributed by atoms with van der Waals surface area (Å²) in [4.78, 5) is 2.64. The van der Waals surface area contributed by atoms with Crippen LogP contribution in [0.15, 0.2) is 23.3 Å². The molecule has 0 aliphatic carbocycles. The summed E-state index contributed by atoms with van der Waals surface area (Å²) < 4.78 is 0. The van der Waals surface area contributed by atoms with Gasteiger partial charge in [0, 0.05) is 23.4 Å². The van der Waals surface area contributed by atoms with Crippen LogP contribution >= 0.6 is 0 Å². The number of hydrogen-bond donors (Lipinski definition) is 0. The quantitative estimate of drug-likeness (QED) is 0.243. The zero-order valence-electron chi connectivity index (χ0n) is 8.94. The monoisotopic (exact) mass is 210 g/mol. The van der Waals surface area contributed by atoms with Crippen molar-refractivity contribution in [3.63, 3.8) is 0 Å². The molecule has 0 bridgehead atoms. The predicted molar refractivity (Wildman–Crippen MR) is 61.4 cm³/mol. The Labute approximate surface area is 94.1 Å². The molecule has 0 aliphatic rings. The molecule has 0 aliphatic heterocycles. The lowest BCUT2D eigenvalue weighted by Gasteiger charge is -1.96. The van der Waals surface area contributed by atoms with Crippen molar-refractivity contribution in [1.82, 2.24) is 0 Å². The van der Waals surface area contributed by atoms with E-state index in [2.05, 4.69) is 27.9 Å². The molecule has 4 heteroatoms. The second-order valence-electron chi connectivity index (χ2n) is 3.15. The van der Waals surface area contributed by atoms with Gasteiger partial charge in [-0.2, -0.15) is 5.26 Å². The summed E-state index contributed by atoms with van der Waals surface area (Å²) >= 11 is 0. The van der Waals surface area contributed by atoms with E-state index in [9.17, 15) is 0 Å². The molecule has 16 heavy (non-hydrogen) atoms. The van der Waals surface area contributed by atoms with Gasteiger partial charge in [0.15, 0.2) is 0 Å². The molecular formula is C12H10N4. The average Bonchev–Trinajstić information content (AvgIpc) is 2.29. The normalized spacial score (nSPS) is 8.25. The van der Waals surface area contributed by atoms with Crippen LogP contribution in [0.4, 0.5) is 0 Å². The smallest absolute Gasteiger partial charge is 0.0994 e.